The van der Waals surface area contributed by atoms with Gasteiger partial charge in [0.1, 0.15) is 23.9 Å². The molecule has 0 aliphatic carbocycles. The van der Waals surface area contributed by atoms with Gasteiger partial charge in [0, 0.05) is 11.1 Å². The Morgan fingerprint density at radius 3 is 2.58 bits per heavy atom. The van der Waals surface area contributed by atoms with Gasteiger partial charge in [0.05, 0.1) is 16.6 Å². The summed E-state index contributed by atoms with van der Waals surface area (Å²) in [5.41, 5.74) is 0. The molecule has 1 aliphatic rings. The molecular formula is C17H14Cl3NO3. The first-order chi connectivity index (χ1) is 11.5. The minimum Gasteiger partial charge on any atom is -0.479 e. The van der Waals surface area contributed by atoms with Crippen LogP contribution in [0.25, 0.3) is 0 Å². The van der Waals surface area contributed by atoms with Crippen LogP contribution in [0.3, 0.4) is 0 Å². The van der Waals surface area contributed by atoms with Gasteiger partial charge in [0.15, 0.2) is 6.10 Å². The molecule has 7 heteroatoms. The third-order valence-corrected chi connectivity index (χ3v) is 4.13. The van der Waals surface area contributed by atoms with Gasteiger partial charge in [0.2, 0.25) is 5.90 Å². The van der Waals surface area contributed by atoms with Crippen LogP contribution < -0.4 is 9.47 Å². The van der Waals surface area contributed by atoms with E-state index in [2.05, 4.69) is 4.99 Å². The molecule has 0 spiro atoms. The van der Waals surface area contributed by atoms with Crippen molar-refractivity contribution in [2.75, 3.05) is 13.2 Å². The van der Waals surface area contributed by atoms with Crippen molar-refractivity contribution in [3.8, 4) is 17.2 Å². The first-order valence-electron chi connectivity index (χ1n) is 7.29. The van der Waals surface area contributed by atoms with Crippen LogP contribution in [0.1, 0.15) is 6.92 Å². The summed E-state index contributed by atoms with van der Waals surface area (Å²) >= 11 is 18.2. The molecule has 1 aliphatic heterocycles. The van der Waals surface area contributed by atoms with Crippen LogP contribution in [0, 0.1) is 0 Å². The molecule has 2 aromatic rings. The van der Waals surface area contributed by atoms with Crippen LogP contribution in [0.4, 0.5) is 0 Å². The summed E-state index contributed by atoms with van der Waals surface area (Å²) in [6.45, 7) is 3.08. The van der Waals surface area contributed by atoms with E-state index in [0.717, 1.165) is 0 Å². The van der Waals surface area contributed by atoms with Crippen molar-refractivity contribution in [3.05, 3.63) is 51.5 Å². The highest BCUT2D eigenvalue weighted by atomic mass is 35.5. The molecule has 0 saturated heterocycles. The Kier molecular flexibility index (Phi) is 5.39. The third kappa shape index (κ3) is 4.07. The van der Waals surface area contributed by atoms with Gasteiger partial charge >= 0.3 is 0 Å². The predicted octanol–water partition coefficient (Wildman–Crippen LogP) is 5.64. The van der Waals surface area contributed by atoms with E-state index >= 15 is 0 Å². The molecule has 0 N–H and O–H groups in total. The largest absolute Gasteiger partial charge is 0.479 e. The molecule has 1 atom stereocenters. The fourth-order valence-electron chi connectivity index (χ4n) is 2.16. The van der Waals surface area contributed by atoms with Crippen molar-refractivity contribution >= 4 is 40.7 Å². The van der Waals surface area contributed by atoms with Gasteiger partial charge in [0.25, 0.3) is 0 Å². The molecule has 0 radical (unpaired) electrons. The van der Waals surface area contributed by atoms with Crippen molar-refractivity contribution in [1.82, 2.24) is 0 Å². The molecule has 24 heavy (non-hydrogen) atoms. The van der Waals surface area contributed by atoms with Crippen LogP contribution in [0.15, 0.2) is 41.4 Å². The summed E-state index contributed by atoms with van der Waals surface area (Å²) < 4.78 is 17.0. The number of ether oxygens (including phenoxy) is 3. The molecule has 126 valence electrons. The molecule has 2 aromatic carbocycles. The van der Waals surface area contributed by atoms with Gasteiger partial charge in [-0.2, -0.15) is 0 Å². The summed E-state index contributed by atoms with van der Waals surface area (Å²) in [5.74, 6) is 2.08. The van der Waals surface area contributed by atoms with Crippen LogP contribution in [-0.4, -0.2) is 25.2 Å². The monoisotopic (exact) mass is 385 g/mol. The molecule has 1 heterocycles. The van der Waals surface area contributed by atoms with Gasteiger partial charge < -0.3 is 14.2 Å². The lowest BCUT2D eigenvalue weighted by molar-refractivity contribution is 0.234. The van der Waals surface area contributed by atoms with Gasteiger partial charge in [-0.25, -0.2) is 4.99 Å². The van der Waals surface area contributed by atoms with Crippen LogP contribution in [-0.2, 0) is 4.74 Å². The van der Waals surface area contributed by atoms with Crippen LogP contribution in [0.2, 0.25) is 15.1 Å². The van der Waals surface area contributed by atoms with Crippen LogP contribution in [0.5, 0.6) is 17.2 Å². The van der Waals surface area contributed by atoms with Crippen molar-refractivity contribution in [1.29, 1.82) is 0 Å². The second-order valence-electron chi connectivity index (χ2n) is 5.10. The molecule has 0 saturated carbocycles. The van der Waals surface area contributed by atoms with Gasteiger partial charge in [-0.05, 0) is 37.3 Å². The fourth-order valence-corrected chi connectivity index (χ4v) is 2.77. The zero-order chi connectivity index (χ0) is 17.1. The van der Waals surface area contributed by atoms with E-state index in [1.165, 1.54) is 0 Å². The standard InChI is InChI=1S/C17H14Cl3NO3/c1-10(17-21-6-7-22-17)23-16-9-12(3-4-13(16)19)24-15-5-2-11(18)8-14(15)20/h2-5,8-10H,6-7H2,1H3. The Morgan fingerprint density at radius 2 is 1.88 bits per heavy atom. The van der Waals surface area contributed by atoms with Crippen LogP contribution >= 0.6 is 34.8 Å². The fraction of sp³-hybridized carbons (Fsp3) is 0.235. The molecular weight excluding hydrogens is 373 g/mol. The van der Waals surface area contributed by atoms with Gasteiger partial charge in [-0.1, -0.05) is 34.8 Å². The maximum absolute atomic E-state index is 6.20. The summed E-state index contributed by atoms with van der Waals surface area (Å²) in [5, 5.41) is 1.43. The van der Waals surface area contributed by atoms with E-state index in [1.807, 2.05) is 6.92 Å². The maximum Gasteiger partial charge on any atom is 0.225 e. The van der Waals surface area contributed by atoms with Crippen molar-refractivity contribution in [2.24, 2.45) is 4.99 Å². The Balaban J connectivity index is 1.78. The molecule has 4 nitrogen and oxygen atoms in total. The molecule has 0 fully saturated rings. The minimum atomic E-state index is -0.334. The average Bonchev–Trinajstić information content (AvgIpc) is 3.08. The van der Waals surface area contributed by atoms with E-state index in [-0.39, 0.29) is 6.10 Å². The first-order valence-corrected chi connectivity index (χ1v) is 8.42. The highest BCUT2D eigenvalue weighted by Crippen LogP contribution is 2.35. The lowest BCUT2D eigenvalue weighted by Crippen LogP contribution is -2.24. The zero-order valence-electron chi connectivity index (χ0n) is 12.8. The summed E-state index contributed by atoms with van der Waals surface area (Å²) in [7, 11) is 0. The lowest BCUT2D eigenvalue weighted by Gasteiger charge is -2.16. The summed E-state index contributed by atoms with van der Waals surface area (Å²) in [6.07, 6.45) is -0.334. The minimum absolute atomic E-state index is 0.334. The predicted molar refractivity (Wildman–Crippen MR) is 96.3 cm³/mol. The second kappa shape index (κ2) is 7.51. The maximum atomic E-state index is 6.20. The number of hydrogen-bond acceptors (Lipinski definition) is 4. The second-order valence-corrected chi connectivity index (χ2v) is 6.35. The Morgan fingerprint density at radius 1 is 1.04 bits per heavy atom. The van der Waals surface area contributed by atoms with Gasteiger partial charge in [-0.3, -0.25) is 0 Å². The third-order valence-electron chi connectivity index (χ3n) is 3.28. The van der Waals surface area contributed by atoms with E-state index in [4.69, 9.17) is 49.0 Å². The number of aliphatic imine (C=N–C) groups is 1. The molecule has 0 bridgehead atoms. The lowest BCUT2D eigenvalue weighted by atomic mass is 10.3. The Bertz CT molecular complexity index is 780. The number of rotatable bonds is 5. The molecule has 3 rings (SSSR count). The Hall–Kier alpha value is -1.62. The number of hydrogen-bond donors (Lipinski definition) is 0. The normalized spacial score (nSPS) is 14.8. The first kappa shape index (κ1) is 17.2. The quantitative estimate of drug-likeness (QED) is 0.668. The Labute approximate surface area is 154 Å². The van der Waals surface area contributed by atoms with Crippen molar-refractivity contribution in [3.63, 3.8) is 0 Å². The number of nitrogens with zero attached hydrogens (tertiary/aromatic N) is 1. The van der Waals surface area contributed by atoms with E-state index in [9.17, 15) is 0 Å². The summed E-state index contributed by atoms with van der Waals surface area (Å²) in [6, 6.07) is 10.1. The topological polar surface area (TPSA) is 40.0 Å². The smallest absolute Gasteiger partial charge is 0.225 e. The highest BCUT2D eigenvalue weighted by Gasteiger charge is 2.19. The number of halogens is 3. The highest BCUT2D eigenvalue weighted by molar-refractivity contribution is 6.35. The van der Waals surface area contributed by atoms with E-state index < -0.39 is 0 Å². The summed E-state index contributed by atoms with van der Waals surface area (Å²) in [4.78, 5) is 4.24. The van der Waals surface area contributed by atoms with Crippen molar-refractivity contribution in [2.45, 2.75) is 13.0 Å². The molecule has 0 amide bonds. The van der Waals surface area contributed by atoms with Crippen molar-refractivity contribution < 1.29 is 14.2 Å². The molecule has 1 unspecified atom stereocenters. The SMILES string of the molecule is CC(Oc1cc(Oc2ccc(Cl)cc2Cl)ccc1Cl)C1=NCCO1. The van der Waals surface area contributed by atoms with E-state index in [1.54, 1.807) is 36.4 Å². The van der Waals surface area contributed by atoms with E-state index in [0.29, 0.717) is 51.4 Å². The molecule has 0 aromatic heterocycles. The number of benzene rings is 2. The average molecular weight is 387 g/mol. The van der Waals surface area contributed by atoms with Gasteiger partial charge in [-0.15, -0.1) is 0 Å². The zero-order valence-corrected chi connectivity index (χ0v) is 15.0.